The average molecular weight is 1560 g/mol. The maximum atomic E-state index is 11.9. The minimum atomic E-state index is -0.303. The summed E-state index contributed by atoms with van der Waals surface area (Å²) < 4.78 is 5.54. The standard InChI is InChI=1S/C19H31NO.C15H25NO.C15H27NO.C13H17NO2.C13H19NO.C12H21NO.6C2H6/c1-12(2)18(21)20-17-3-5-19(6-4-17)15-8-13-7-14(10-15)11-16(19)9-13;1-9(2)15(17)16-14-8-12-4-10-3-11(5-12)7-13(14)6-10;1-12(2)14(17)16-13-6-10-15(11-7-13)8-4-3-5-9-15;1-9(2)13(15)14-11-7-8-16-12-6-4-3-5-10(11)12;1-10(2)12(15)14-13(3,4)11-8-6-5-7-9-11;1-9(2)11(14)13-8-10-6-12(7-10)4-3-5-12;6*1-2/h12-17H,3-11H2,1-2H3,(H,20,21);9-14H,3-8H2,1-2H3,(H,16,17);12-13H,3-11H2,1-2H3,(H,16,17);3-6,9,11H,7-8H2,1-2H3,(H,14,15);5-10H,1-4H3,(H,14,15);9-10H,3-8H2,1-2H3,(H,13,14);6*1-2H3. The molecule has 3 spiro atoms. The van der Waals surface area contributed by atoms with Crippen LogP contribution in [0.3, 0.4) is 0 Å². The molecule has 13 fully saturated rings. The van der Waals surface area contributed by atoms with E-state index in [1.54, 1.807) is 6.42 Å². The van der Waals surface area contributed by atoms with E-state index in [2.05, 4.69) is 31.9 Å². The summed E-state index contributed by atoms with van der Waals surface area (Å²) in [6.07, 6.45) is 41.6. The van der Waals surface area contributed by atoms with Crippen molar-refractivity contribution in [2.24, 2.45) is 105 Å². The zero-order valence-electron chi connectivity index (χ0n) is 77.2. The fourth-order valence-corrected chi connectivity index (χ4v) is 20.8. The van der Waals surface area contributed by atoms with Gasteiger partial charge in [-0.2, -0.15) is 0 Å². The van der Waals surface area contributed by atoms with Gasteiger partial charge in [0.2, 0.25) is 35.4 Å². The van der Waals surface area contributed by atoms with E-state index in [9.17, 15) is 28.8 Å². The Balaban J connectivity index is 0.000000340. The van der Waals surface area contributed by atoms with E-state index in [1.807, 2.05) is 235 Å². The van der Waals surface area contributed by atoms with Gasteiger partial charge >= 0.3 is 0 Å². The number of hydrogen-bond donors (Lipinski definition) is 6. The third-order valence-corrected chi connectivity index (χ3v) is 26.9. The van der Waals surface area contributed by atoms with Crippen molar-refractivity contribution in [2.75, 3.05) is 13.2 Å². The zero-order valence-corrected chi connectivity index (χ0v) is 77.2. The largest absolute Gasteiger partial charge is 0.493 e. The molecule has 0 saturated heterocycles. The molecule has 0 radical (unpaired) electrons. The fraction of sp³-hybridized carbons (Fsp3) is 0.818. The number of carbonyl (C=O) groups is 6. The highest BCUT2D eigenvalue weighted by Crippen LogP contribution is 2.67. The molecule has 1 heterocycles. The lowest BCUT2D eigenvalue weighted by molar-refractivity contribution is -0.134. The maximum Gasteiger partial charge on any atom is 0.223 e. The second kappa shape index (κ2) is 51.3. The maximum absolute atomic E-state index is 11.9. The minimum absolute atomic E-state index is 0.0213. The number of nitrogens with one attached hydrogen (secondary N) is 6. The summed E-state index contributed by atoms with van der Waals surface area (Å²) in [5, 5.41) is 18.9. The number of rotatable bonds is 14. The molecule has 13 heteroatoms. The number of benzene rings is 2. The molecule has 14 aliphatic rings. The normalized spacial score (nSPS) is 27.6. The topological polar surface area (TPSA) is 184 Å². The summed E-state index contributed by atoms with van der Waals surface area (Å²) in [4.78, 5) is 70.1. The molecule has 0 aromatic heterocycles. The molecule has 16 rings (SSSR count). The Morgan fingerprint density at radius 3 is 1.23 bits per heavy atom. The molecule has 13 nitrogen and oxygen atoms in total. The molecule has 13 saturated carbocycles. The number of hydrogen-bond acceptors (Lipinski definition) is 7. The Hall–Kier alpha value is -4.94. The molecule has 2 aromatic rings. The molecule has 6 amide bonds. The lowest BCUT2D eigenvalue weighted by Crippen LogP contribution is -2.55. The Kier molecular flexibility index (Phi) is 46.4. The van der Waals surface area contributed by atoms with Gasteiger partial charge in [-0.15, -0.1) is 0 Å². The van der Waals surface area contributed by atoms with E-state index >= 15 is 0 Å². The van der Waals surface area contributed by atoms with Crippen LogP contribution >= 0.6 is 0 Å². The highest BCUT2D eigenvalue weighted by atomic mass is 16.5. The first-order chi connectivity index (χ1) is 53.5. The molecule has 4 atom stereocenters. The van der Waals surface area contributed by atoms with Crippen molar-refractivity contribution in [3.63, 3.8) is 0 Å². The van der Waals surface area contributed by atoms with Gasteiger partial charge in [-0.1, -0.05) is 240 Å². The summed E-state index contributed by atoms with van der Waals surface area (Å²) in [7, 11) is 0. The molecular formula is C99H176N6O7. The number of ether oxygens (including phenoxy) is 1. The first-order valence-corrected chi connectivity index (χ1v) is 47.1. The van der Waals surface area contributed by atoms with Crippen molar-refractivity contribution >= 4 is 35.4 Å². The van der Waals surface area contributed by atoms with Gasteiger partial charge in [0.1, 0.15) is 5.75 Å². The predicted octanol–water partition coefficient (Wildman–Crippen LogP) is 24.2. The molecule has 4 unspecified atom stereocenters. The lowest BCUT2D eigenvalue weighted by atomic mass is 9.42. The first kappa shape index (κ1) is 101. The minimum Gasteiger partial charge on any atom is -0.493 e. The van der Waals surface area contributed by atoms with E-state index in [0.29, 0.717) is 35.6 Å². The molecule has 2 aromatic carbocycles. The van der Waals surface area contributed by atoms with Crippen LogP contribution in [-0.4, -0.2) is 66.7 Å². The Labute approximate surface area is 689 Å². The van der Waals surface area contributed by atoms with Gasteiger partial charge in [-0.3, -0.25) is 28.8 Å². The van der Waals surface area contributed by atoms with Gasteiger partial charge in [-0.25, -0.2) is 0 Å². The van der Waals surface area contributed by atoms with Crippen molar-refractivity contribution in [2.45, 2.75) is 402 Å². The van der Waals surface area contributed by atoms with E-state index < -0.39 is 0 Å². The van der Waals surface area contributed by atoms with Gasteiger partial charge in [0, 0.05) is 72.2 Å². The SMILES string of the molecule is CC.CC.CC.CC.CC.CC.CC(C)C(=O)NC(C)(C)c1ccccc1.CC(C)C(=O)NC1CC2CC3CC(C2)CC1C3.CC(C)C(=O)NC1CCC2(CC1)C1CC3CC(C1)CC2C3.CC(C)C(=O)NC1CCC2(CCCCC2)CC1.CC(C)C(=O)NC1CCOc2ccccc21.CC(C)C(=O)NCC1CC2(CCC2)C1. The van der Waals surface area contributed by atoms with Crippen LogP contribution in [0.5, 0.6) is 5.75 Å². The molecule has 1 aliphatic heterocycles. The molecular weight excluding hydrogens is 1390 g/mol. The van der Waals surface area contributed by atoms with Crippen LogP contribution in [0, 0.1) is 105 Å². The van der Waals surface area contributed by atoms with Crippen LogP contribution in [0.25, 0.3) is 0 Å². The van der Waals surface area contributed by atoms with Crippen LogP contribution in [0.2, 0.25) is 0 Å². The van der Waals surface area contributed by atoms with Crippen molar-refractivity contribution in [3.05, 3.63) is 65.7 Å². The van der Waals surface area contributed by atoms with Crippen LogP contribution in [-0.2, 0) is 34.3 Å². The second-order valence-corrected chi connectivity index (χ2v) is 37.1. The third-order valence-electron chi connectivity index (χ3n) is 26.9. The Bertz CT molecular complexity index is 2890. The summed E-state index contributed by atoms with van der Waals surface area (Å²) >= 11 is 0. The van der Waals surface area contributed by atoms with Crippen molar-refractivity contribution in [1.82, 2.24) is 31.9 Å². The quantitative estimate of drug-likeness (QED) is 0.109. The van der Waals surface area contributed by atoms with Gasteiger partial charge < -0.3 is 36.6 Å². The van der Waals surface area contributed by atoms with E-state index in [0.717, 1.165) is 88.5 Å². The van der Waals surface area contributed by atoms with E-state index in [1.165, 1.54) is 180 Å². The number of fused-ring (bicyclic) bond motifs is 2. The zero-order chi connectivity index (χ0) is 84.1. The molecule has 8 bridgehead atoms. The number of para-hydroxylation sites is 1. The summed E-state index contributed by atoms with van der Waals surface area (Å²) in [5.74, 6) is 11.3. The highest BCUT2D eigenvalue weighted by Gasteiger charge is 2.57. The fourth-order valence-electron chi connectivity index (χ4n) is 20.8. The van der Waals surface area contributed by atoms with Crippen molar-refractivity contribution in [1.29, 1.82) is 0 Å². The molecule has 13 aliphatic carbocycles. The van der Waals surface area contributed by atoms with Gasteiger partial charge in [-0.05, 0) is 256 Å². The van der Waals surface area contributed by atoms with Crippen molar-refractivity contribution < 1.29 is 33.5 Å². The van der Waals surface area contributed by atoms with Crippen LogP contribution in [0.15, 0.2) is 54.6 Å². The number of carbonyl (C=O) groups excluding carboxylic acids is 6. The van der Waals surface area contributed by atoms with E-state index in [-0.39, 0.29) is 82.5 Å². The van der Waals surface area contributed by atoms with Crippen LogP contribution < -0.4 is 36.6 Å². The smallest absolute Gasteiger partial charge is 0.223 e. The van der Waals surface area contributed by atoms with Gasteiger partial charge in [0.15, 0.2) is 0 Å². The predicted molar refractivity (Wildman–Crippen MR) is 474 cm³/mol. The summed E-state index contributed by atoms with van der Waals surface area (Å²) in [6.45, 7) is 53.0. The Morgan fingerprint density at radius 2 is 0.795 bits per heavy atom. The van der Waals surface area contributed by atoms with Gasteiger partial charge in [0.05, 0.1) is 18.2 Å². The monoisotopic (exact) mass is 1560 g/mol. The number of amides is 6. The highest BCUT2D eigenvalue weighted by molar-refractivity contribution is 5.80. The molecule has 644 valence electrons. The van der Waals surface area contributed by atoms with Crippen LogP contribution in [0.4, 0.5) is 0 Å². The van der Waals surface area contributed by atoms with Crippen molar-refractivity contribution in [3.8, 4) is 5.75 Å². The molecule has 112 heavy (non-hydrogen) atoms. The summed E-state index contributed by atoms with van der Waals surface area (Å²) in [6, 6.07) is 19.4. The van der Waals surface area contributed by atoms with Crippen LogP contribution in [0.1, 0.15) is 390 Å². The first-order valence-electron chi connectivity index (χ1n) is 47.1. The Morgan fingerprint density at radius 1 is 0.402 bits per heavy atom. The molecule has 6 N–H and O–H groups in total. The lowest BCUT2D eigenvalue weighted by Gasteiger charge is -2.63. The second-order valence-electron chi connectivity index (χ2n) is 37.1. The van der Waals surface area contributed by atoms with Gasteiger partial charge in [0.25, 0.3) is 0 Å². The third kappa shape index (κ3) is 30.8. The summed E-state index contributed by atoms with van der Waals surface area (Å²) in [5.41, 5.74) is 4.00. The average Bonchev–Trinajstić information content (AvgIpc) is 0.826. The van der Waals surface area contributed by atoms with E-state index in [4.69, 9.17) is 4.74 Å².